The number of carbonyl (C=O) groups excluding carboxylic acids is 2. The largest absolute Gasteiger partial charge is 0.483 e. The van der Waals surface area contributed by atoms with Crippen LogP contribution in [0.3, 0.4) is 0 Å². The van der Waals surface area contributed by atoms with Gasteiger partial charge in [0.1, 0.15) is 10.8 Å². The molecule has 0 radical (unpaired) electrons. The van der Waals surface area contributed by atoms with E-state index < -0.39 is 0 Å². The van der Waals surface area contributed by atoms with E-state index in [1.54, 1.807) is 47.5 Å². The fourth-order valence-electron chi connectivity index (χ4n) is 3.35. The van der Waals surface area contributed by atoms with Gasteiger partial charge in [0.15, 0.2) is 6.61 Å². The first-order valence-electron chi connectivity index (χ1n) is 10.7. The summed E-state index contributed by atoms with van der Waals surface area (Å²) in [5.41, 5.74) is 2.32. The number of aromatic nitrogens is 1. The Balaban J connectivity index is 1.38. The number of hydrogen-bond acceptors (Lipinski definition) is 5. The van der Waals surface area contributed by atoms with Crippen molar-refractivity contribution in [2.45, 2.75) is 19.5 Å². The van der Waals surface area contributed by atoms with Crippen molar-refractivity contribution in [1.82, 2.24) is 15.2 Å². The van der Waals surface area contributed by atoms with Crippen molar-refractivity contribution in [2.24, 2.45) is 0 Å². The van der Waals surface area contributed by atoms with E-state index in [0.717, 1.165) is 20.8 Å². The molecule has 0 aliphatic rings. The molecule has 0 bridgehead atoms. The van der Waals surface area contributed by atoms with Gasteiger partial charge in [0, 0.05) is 13.6 Å². The summed E-state index contributed by atoms with van der Waals surface area (Å²) < 4.78 is 6.86. The number of para-hydroxylation sites is 2. The molecule has 1 aromatic heterocycles. The molecule has 1 N–H and O–H groups in total. The Kier molecular flexibility index (Phi) is 7.00. The highest BCUT2D eigenvalue weighted by Crippen LogP contribution is 2.29. The molecular formula is C26H25N3O3S. The number of rotatable bonds is 8. The highest BCUT2D eigenvalue weighted by Gasteiger charge is 2.22. The van der Waals surface area contributed by atoms with Crippen LogP contribution in [0.2, 0.25) is 0 Å². The summed E-state index contributed by atoms with van der Waals surface area (Å²) in [6, 6.07) is 24.3. The zero-order valence-electron chi connectivity index (χ0n) is 18.5. The number of nitrogens with zero attached hydrogens (tertiary/aromatic N) is 2. The Bertz CT molecular complexity index is 1220. The molecule has 1 unspecified atom stereocenters. The van der Waals surface area contributed by atoms with Crippen molar-refractivity contribution in [3.05, 3.63) is 95.0 Å². The number of fused-ring (bicyclic) bond motifs is 1. The lowest BCUT2D eigenvalue weighted by molar-refractivity contribution is -0.134. The summed E-state index contributed by atoms with van der Waals surface area (Å²) in [5, 5.41) is 3.77. The topological polar surface area (TPSA) is 71.5 Å². The van der Waals surface area contributed by atoms with E-state index in [1.165, 1.54) is 0 Å². The summed E-state index contributed by atoms with van der Waals surface area (Å²) >= 11 is 1.58. The van der Waals surface area contributed by atoms with Crippen LogP contribution in [-0.4, -0.2) is 35.4 Å². The van der Waals surface area contributed by atoms with Crippen LogP contribution in [0.1, 0.15) is 33.9 Å². The molecular weight excluding hydrogens is 434 g/mol. The van der Waals surface area contributed by atoms with Gasteiger partial charge in [0.25, 0.3) is 11.8 Å². The fourth-order valence-corrected chi connectivity index (χ4v) is 4.41. The van der Waals surface area contributed by atoms with Gasteiger partial charge in [-0.15, -0.1) is 11.3 Å². The minimum absolute atomic E-state index is 0.172. The Morgan fingerprint density at radius 2 is 1.70 bits per heavy atom. The fraction of sp³-hybridized carbons (Fsp3) is 0.192. The molecule has 0 saturated carbocycles. The molecule has 6 nitrogen and oxygen atoms in total. The van der Waals surface area contributed by atoms with Crippen molar-refractivity contribution >= 4 is 33.4 Å². The van der Waals surface area contributed by atoms with Crippen molar-refractivity contribution in [1.29, 1.82) is 0 Å². The van der Waals surface area contributed by atoms with Gasteiger partial charge in [-0.1, -0.05) is 54.6 Å². The summed E-state index contributed by atoms with van der Waals surface area (Å²) in [5.74, 6) is -0.0724. The Labute approximate surface area is 196 Å². The van der Waals surface area contributed by atoms with Gasteiger partial charge in [-0.25, -0.2) is 4.98 Å². The molecule has 0 aliphatic carbocycles. The predicted molar refractivity (Wildman–Crippen MR) is 130 cm³/mol. The monoisotopic (exact) mass is 459 g/mol. The average Bonchev–Trinajstić information content (AvgIpc) is 3.30. The minimum Gasteiger partial charge on any atom is -0.483 e. The molecule has 2 amide bonds. The number of carbonyl (C=O) groups is 2. The van der Waals surface area contributed by atoms with Gasteiger partial charge in [0.05, 0.1) is 21.8 Å². The number of hydrogen-bond donors (Lipinski definition) is 1. The zero-order valence-corrected chi connectivity index (χ0v) is 19.3. The van der Waals surface area contributed by atoms with Crippen LogP contribution in [0, 0.1) is 0 Å². The van der Waals surface area contributed by atoms with E-state index in [1.807, 2.05) is 61.5 Å². The maximum Gasteiger partial charge on any atom is 0.260 e. The van der Waals surface area contributed by atoms with E-state index in [-0.39, 0.29) is 24.5 Å². The summed E-state index contributed by atoms with van der Waals surface area (Å²) in [6.07, 6.45) is 0. The van der Waals surface area contributed by atoms with Gasteiger partial charge in [-0.3, -0.25) is 9.59 Å². The lowest BCUT2D eigenvalue weighted by Crippen LogP contribution is -2.34. The predicted octanol–water partition coefficient (Wildman–Crippen LogP) is 4.82. The number of likely N-dealkylation sites (N-methyl/N-ethyl adjacent to an activating group) is 1. The van der Waals surface area contributed by atoms with Crippen LogP contribution >= 0.6 is 11.3 Å². The van der Waals surface area contributed by atoms with Crippen LogP contribution in [0.5, 0.6) is 5.75 Å². The summed E-state index contributed by atoms with van der Waals surface area (Å²) in [7, 11) is 1.74. The van der Waals surface area contributed by atoms with Gasteiger partial charge in [-0.2, -0.15) is 0 Å². The first kappa shape index (κ1) is 22.5. The van der Waals surface area contributed by atoms with E-state index in [9.17, 15) is 9.59 Å². The number of nitrogens with one attached hydrogen (secondary N) is 1. The zero-order chi connectivity index (χ0) is 23.2. The second-order valence-electron chi connectivity index (χ2n) is 7.65. The van der Waals surface area contributed by atoms with E-state index in [4.69, 9.17) is 4.74 Å². The minimum atomic E-state index is -0.252. The molecule has 4 rings (SSSR count). The van der Waals surface area contributed by atoms with Gasteiger partial charge < -0.3 is 15.0 Å². The van der Waals surface area contributed by atoms with E-state index >= 15 is 0 Å². The lowest BCUT2D eigenvalue weighted by Gasteiger charge is -2.23. The second-order valence-corrected chi connectivity index (χ2v) is 8.72. The first-order valence-corrected chi connectivity index (χ1v) is 11.5. The average molecular weight is 460 g/mol. The highest BCUT2D eigenvalue weighted by molar-refractivity contribution is 7.18. The van der Waals surface area contributed by atoms with Gasteiger partial charge in [0.2, 0.25) is 0 Å². The smallest absolute Gasteiger partial charge is 0.260 e. The van der Waals surface area contributed by atoms with Crippen molar-refractivity contribution in [3.8, 4) is 5.75 Å². The van der Waals surface area contributed by atoms with Gasteiger partial charge in [-0.05, 0) is 36.8 Å². The van der Waals surface area contributed by atoms with Crippen molar-refractivity contribution in [2.75, 3.05) is 13.7 Å². The van der Waals surface area contributed by atoms with Crippen molar-refractivity contribution in [3.63, 3.8) is 0 Å². The van der Waals surface area contributed by atoms with E-state index in [2.05, 4.69) is 10.3 Å². The van der Waals surface area contributed by atoms with E-state index in [0.29, 0.717) is 17.9 Å². The van der Waals surface area contributed by atoms with Crippen LogP contribution in [-0.2, 0) is 11.3 Å². The van der Waals surface area contributed by atoms with Crippen molar-refractivity contribution < 1.29 is 14.3 Å². The quantitative estimate of drug-likeness (QED) is 0.410. The third-order valence-corrected chi connectivity index (χ3v) is 6.63. The first-order chi connectivity index (χ1) is 16.0. The molecule has 0 saturated heterocycles. The molecule has 0 spiro atoms. The number of benzene rings is 3. The normalized spacial score (nSPS) is 11.7. The Morgan fingerprint density at radius 1 is 1.00 bits per heavy atom. The molecule has 1 atom stereocenters. The second kappa shape index (κ2) is 10.3. The maximum atomic E-state index is 12.8. The molecule has 4 aromatic rings. The standard InChI is InChI=1S/C26H25N3O3S/c1-18(26-28-21-13-7-9-15-23(21)33-26)29(2)24(30)17-32-22-14-8-6-12-20(22)25(31)27-16-19-10-4-3-5-11-19/h3-15,18H,16-17H2,1-2H3,(H,27,31). The SMILES string of the molecule is CC(c1nc2ccccc2s1)N(C)C(=O)COc1ccccc1C(=O)NCc1ccccc1. The number of thiazole rings is 1. The molecule has 168 valence electrons. The summed E-state index contributed by atoms with van der Waals surface area (Å²) in [4.78, 5) is 31.8. The third kappa shape index (κ3) is 5.38. The molecule has 33 heavy (non-hydrogen) atoms. The number of ether oxygens (including phenoxy) is 1. The van der Waals surface area contributed by atoms with Gasteiger partial charge >= 0.3 is 0 Å². The third-order valence-electron chi connectivity index (χ3n) is 5.42. The lowest BCUT2D eigenvalue weighted by atomic mass is 10.1. The van der Waals surface area contributed by atoms with Crippen LogP contribution in [0.15, 0.2) is 78.9 Å². The Hall–Kier alpha value is -3.71. The molecule has 0 fully saturated rings. The molecule has 1 heterocycles. The molecule has 3 aromatic carbocycles. The van der Waals surface area contributed by atoms with Crippen LogP contribution in [0.4, 0.5) is 0 Å². The van der Waals surface area contributed by atoms with Crippen LogP contribution in [0.25, 0.3) is 10.2 Å². The summed E-state index contributed by atoms with van der Waals surface area (Å²) in [6.45, 7) is 2.19. The molecule has 7 heteroatoms. The number of amides is 2. The molecule has 0 aliphatic heterocycles. The Morgan fingerprint density at radius 3 is 2.48 bits per heavy atom. The maximum absolute atomic E-state index is 12.8. The van der Waals surface area contributed by atoms with Crippen LogP contribution < -0.4 is 10.1 Å². The highest BCUT2D eigenvalue weighted by atomic mass is 32.1.